The Kier molecular flexibility index (Phi) is 7.54. The van der Waals surface area contributed by atoms with E-state index in [1.165, 1.54) is 6.08 Å². The minimum absolute atomic E-state index is 0.143. The van der Waals surface area contributed by atoms with Crippen LogP contribution in [0.4, 0.5) is 0 Å². The molecule has 0 radical (unpaired) electrons. The number of rotatable bonds is 7. The monoisotopic (exact) mass is 438 g/mol. The molecule has 0 aliphatic carbocycles. The number of esters is 1. The molecule has 0 N–H and O–H groups in total. The first-order chi connectivity index (χ1) is 12.3. The van der Waals surface area contributed by atoms with Gasteiger partial charge in [-0.05, 0) is 69.3 Å². The molecule has 138 valence electrons. The molecule has 6 heteroatoms. The van der Waals surface area contributed by atoms with Gasteiger partial charge in [0, 0.05) is 10.5 Å². The zero-order valence-corrected chi connectivity index (χ0v) is 17.1. The Morgan fingerprint density at radius 1 is 1.08 bits per heavy atom. The van der Waals surface area contributed by atoms with Gasteiger partial charge in [0.15, 0.2) is 0 Å². The molecule has 4 nitrogen and oxygen atoms in total. The average molecular weight is 440 g/mol. The maximum Gasteiger partial charge on any atom is 0.330 e. The second-order valence-corrected chi connectivity index (χ2v) is 7.14. The van der Waals surface area contributed by atoms with Crippen LogP contribution in [0.5, 0.6) is 17.2 Å². The maximum atomic E-state index is 11.5. The van der Waals surface area contributed by atoms with Gasteiger partial charge in [-0.2, -0.15) is 0 Å². The van der Waals surface area contributed by atoms with Crippen LogP contribution >= 0.6 is 27.5 Å². The number of hydrogen-bond acceptors (Lipinski definition) is 4. The van der Waals surface area contributed by atoms with Gasteiger partial charge in [0.05, 0.1) is 11.1 Å². The average Bonchev–Trinajstić information content (AvgIpc) is 2.57. The van der Waals surface area contributed by atoms with E-state index in [-0.39, 0.29) is 18.2 Å². The Labute approximate surface area is 166 Å². The molecule has 1 unspecified atom stereocenters. The fourth-order valence-corrected chi connectivity index (χ4v) is 2.72. The summed E-state index contributed by atoms with van der Waals surface area (Å²) >= 11 is 9.50. The zero-order chi connectivity index (χ0) is 19.1. The Hall–Kier alpha value is -1.98. The molecule has 0 fully saturated rings. The summed E-state index contributed by atoms with van der Waals surface area (Å²) in [6.45, 7) is 5.44. The third-order valence-electron chi connectivity index (χ3n) is 3.12. The van der Waals surface area contributed by atoms with Crippen molar-refractivity contribution in [2.75, 3.05) is 0 Å². The first-order valence-corrected chi connectivity index (χ1v) is 9.29. The second-order valence-electron chi connectivity index (χ2n) is 5.82. The summed E-state index contributed by atoms with van der Waals surface area (Å²) in [4.78, 5) is 11.5. The molecule has 0 aromatic heterocycles. The van der Waals surface area contributed by atoms with Crippen molar-refractivity contribution in [3.05, 3.63) is 64.1 Å². The standard InChI is InChI=1S/C20H20BrClO4/c1-13(2)24-20(23)11-4-14(3)25-16-6-8-17(9-7-16)26-19-10-5-15(21)12-18(19)22/h4-14H,1-3H3/b11-4+. The number of carbonyl (C=O) groups is 1. The minimum atomic E-state index is -0.384. The van der Waals surface area contributed by atoms with E-state index in [2.05, 4.69) is 15.9 Å². The van der Waals surface area contributed by atoms with E-state index in [1.807, 2.05) is 13.0 Å². The summed E-state index contributed by atoms with van der Waals surface area (Å²) in [7, 11) is 0. The SMILES string of the molecule is CC(C)OC(=O)/C=C/C(C)Oc1ccc(Oc2ccc(Br)cc2Cl)cc1. The lowest BCUT2D eigenvalue weighted by Gasteiger charge is -2.12. The number of halogens is 2. The highest BCUT2D eigenvalue weighted by molar-refractivity contribution is 9.10. The smallest absolute Gasteiger partial charge is 0.330 e. The van der Waals surface area contributed by atoms with Gasteiger partial charge in [-0.3, -0.25) is 0 Å². The van der Waals surface area contributed by atoms with Crippen LogP contribution in [0.1, 0.15) is 20.8 Å². The summed E-state index contributed by atoms with van der Waals surface area (Å²) in [6, 6.07) is 12.6. The molecular formula is C20H20BrClO4. The number of carbonyl (C=O) groups excluding carboxylic acids is 1. The second kappa shape index (κ2) is 9.64. The number of benzene rings is 2. The highest BCUT2D eigenvalue weighted by atomic mass is 79.9. The predicted molar refractivity (Wildman–Crippen MR) is 106 cm³/mol. The van der Waals surface area contributed by atoms with Crippen molar-refractivity contribution in [1.82, 2.24) is 0 Å². The molecule has 1 atom stereocenters. The summed E-state index contributed by atoms with van der Waals surface area (Å²) in [5, 5.41) is 0.520. The van der Waals surface area contributed by atoms with Crippen LogP contribution < -0.4 is 9.47 Å². The van der Waals surface area contributed by atoms with Gasteiger partial charge in [0.2, 0.25) is 0 Å². The number of ether oxygens (including phenoxy) is 3. The van der Waals surface area contributed by atoms with Crippen LogP contribution in [-0.4, -0.2) is 18.2 Å². The largest absolute Gasteiger partial charge is 0.487 e. The topological polar surface area (TPSA) is 44.8 Å². The third-order valence-corrected chi connectivity index (χ3v) is 3.91. The molecule has 0 saturated carbocycles. The van der Waals surface area contributed by atoms with Crippen molar-refractivity contribution in [3.8, 4) is 17.2 Å². The zero-order valence-electron chi connectivity index (χ0n) is 14.7. The number of hydrogen-bond donors (Lipinski definition) is 0. The summed E-state index contributed by atoms with van der Waals surface area (Å²) in [5.41, 5.74) is 0. The van der Waals surface area contributed by atoms with E-state index >= 15 is 0 Å². The van der Waals surface area contributed by atoms with E-state index in [0.717, 1.165) is 4.47 Å². The molecule has 2 aromatic carbocycles. The normalized spacial score (nSPS) is 12.2. The van der Waals surface area contributed by atoms with Crippen molar-refractivity contribution in [1.29, 1.82) is 0 Å². The minimum Gasteiger partial charge on any atom is -0.487 e. The Balaban J connectivity index is 1.92. The summed E-state index contributed by atoms with van der Waals surface area (Å²) in [6.07, 6.45) is 2.60. The van der Waals surface area contributed by atoms with Gasteiger partial charge in [-0.25, -0.2) is 4.79 Å². The van der Waals surface area contributed by atoms with Crippen molar-refractivity contribution in [2.45, 2.75) is 33.0 Å². The molecule has 0 spiro atoms. The first-order valence-electron chi connectivity index (χ1n) is 8.12. The Morgan fingerprint density at radius 3 is 2.35 bits per heavy atom. The summed E-state index contributed by atoms with van der Waals surface area (Å²) < 4.78 is 17.4. The van der Waals surface area contributed by atoms with E-state index in [1.54, 1.807) is 56.3 Å². The molecule has 26 heavy (non-hydrogen) atoms. The molecule has 0 saturated heterocycles. The van der Waals surface area contributed by atoms with Crippen LogP contribution in [0, 0.1) is 0 Å². The van der Waals surface area contributed by atoms with Gasteiger partial charge in [0.25, 0.3) is 0 Å². The predicted octanol–water partition coefficient (Wildman–Crippen LogP) is 6.17. The van der Waals surface area contributed by atoms with Crippen LogP contribution in [0.25, 0.3) is 0 Å². The molecule has 0 aliphatic rings. The first kappa shape index (κ1) is 20.3. The Morgan fingerprint density at radius 2 is 1.73 bits per heavy atom. The lowest BCUT2D eigenvalue weighted by molar-refractivity contribution is -0.141. The van der Waals surface area contributed by atoms with Crippen molar-refractivity contribution in [3.63, 3.8) is 0 Å². The molecular weight excluding hydrogens is 420 g/mol. The quantitative estimate of drug-likeness (QED) is 0.382. The molecule has 2 aromatic rings. The van der Waals surface area contributed by atoms with E-state index in [0.29, 0.717) is 22.3 Å². The van der Waals surface area contributed by atoms with Crippen molar-refractivity contribution in [2.24, 2.45) is 0 Å². The highest BCUT2D eigenvalue weighted by Gasteiger charge is 2.06. The van der Waals surface area contributed by atoms with E-state index in [4.69, 9.17) is 25.8 Å². The fraction of sp³-hybridized carbons (Fsp3) is 0.250. The lowest BCUT2D eigenvalue weighted by Crippen LogP contribution is -2.12. The molecule has 2 rings (SSSR count). The van der Waals surface area contributed by atoms with Gasteiger partial charge < -0.3 is 14.2 Å². The highest BCUT2D eigenvalue weighted by Crippen LogP contribution is 2.32. The van der Waals surface area contributed by atoms with Gasteiger partial charge in [-0.15, -0.1) is 0 Å². The van der Waals surface area contributed by atoms with Crippen molar-refractivity contribution < 1.29 is 19.0 Å². The van der Waals surface area contributed by atoms with E-state index < -0.39 is 0 Å². The maximum absolute atomic E-state index is 11.5. The van der Waals surface area contributed by atoms with E-state index in [9.17, 15) is 4.79 Å². The summed E-state index contributed by atoms with van der Waals surface area (Å²) in [5.74, 6) is 1.49. The van der Waals surface area contributed by atoms with Gasteiger partial charge in [-0.1, -0.05) is 27.5 Å². The fourth-order valence-electron chi connectivity index (χ4n) is 2.01. The lowest BCUT2D eigenvalue weighted by atomic mass is 10.3. The molecule has 0 heterocycles. The van der Waals surface area contributed by atoms with Crippen molar-refractivity contribution >= 4 is 33.5 Å². The molecule has 0 amide bonds. The molecule has 0 aliphatic heterocycles. The van der Waals surface area contributed by atoms with Crippen LogP contribution in [0.2, 0.25) is 5.02 Å². The van der Waals surface area contributed by atoms with Crippen LogP contribution in [-0.2, 0) is 9.53 Å². The van der Waals surface area contributed by atoms with Gasteiger partial charge in [0.1, 0.15) is 23.4 Å². The Bertz CT molecular complexity index is 772. The van der Waals surface area contributed by atoms with Crippen LogP contribution in [0.3, 0.4) is 0 Å². The van der Waals surface area contributed by atoms with Gasteiger partial charge >= 0.3 is 5.97 Å². The third kappa shape index (κ3) is 6.73. The molecule has 0 bridgehead atoms. The van der Waals surface area contributed by atoms with Crippen LogP contribution in [0.15, 0.2) is 59.1 Å².